The molecule has 0 heterocycles. The standard InChI is InChI=1S/C15H26O4/c1-6-9-10-12(14(16)18-7-2)13(11(4)5)15(17)19-8-3/h11H,6-10H2,1-5H3. The van der Waals surface area contributed by atoms with Crippen LogP contribution >= 0.6 is 0 Å². The molecule has 4 heteroatoms. The Kier molecular flexibility index (Phi) is 8.92. The van der Waals surface area contributed by atoms with Crippen LogP contribution in [0.1, 0.15) is 53.9 Å². The van der Waals surface area contributed by atoms with Crippen LogP contribution in [0, 0.1) is 5.92 Å². The second kappa shape index (κ2) is 9.59. The number of carbonyl (C=O) groups excluding carboxylic acids is 2. The van der Waals surface area contributed by atoms with Crippen LogP contribution in [0.25, 0.3) is 0 Å². The lowest BCUT2D eigenvalue weighted by Crippen LogP contribution is -2.20. The molecule has 0 unspecified atom stereocenters. The zero-order chi connectivity index (χ0) is 14.8. The minimum absolute atomic E-state index is 0.0599. The van der Waals surface area contributed by atoms with Gasteiger partial charge in [-0.3, -0.25) is 0 Å². The fourth-order valence-corrected chi connectivity index (χ4v) is 1.83. The van der Waals surface area contributed by atoms with Crippen LogP contribution in [-0.4, -0.2) is 25.2 Å². The maximum atomic E-state index is 12.0. The Bertz CT molecular complexity index is 329. The number of hydrogen-bond donors (Lipinski definition) is 0. The third kappa shape index (κ3) is 5.90. The predicted molar refractivity (Wildman–Crippen MR) is 74.7 cm³/mol. The molecule has 0 atom stereocenters. The van der Waals surface area contributed by atoms with Gasteiger partial charge in [0.2, 0.25) is 0 Å². The van der Waals surface area contributed by atoms with Crippen molar-refractivity contribution in [3.8, 4) is 0 Å². The van der Waals surface area contributed by atoms with Gasteiger partial charge in [-0.2, -0.15) is 0 Å². The number of ether oxygens (including phenoxy) is 2. The largest absolute Gasteiger partial charge is 0.463 e. The molecular formula is C15H26O4. The van der Waals surface area contributed by atoms with E-state index in [2.05, 4.69) is 0 Å². The van der Waals surface area contributed by atoms with Crippen LogP contribution < -0.4 is 0 Å². The van der Waals surface area contributed by atoms with Crippen molar-refractivity contribution in [3.05, 3.63) is 11.1 Å². The molecule has 0 aliphatic rings. The molecule has 0 saturated heterocycles. The second-order valence-corrected chi connectivity index (χ2v) is 4.59. The lowest BCUT2D eigenvalue weighted by molar-refractivity contribution is -0.142. The Labute approximate surface area is 116 Å². The van der Waals surface area contributed by atoms with Gasteiger partial charge in [-0.1, -0.05) is 27.2 Å². The summed E-state index contributed by atoms with van der Waals surface area (Å²) in [6.45, 7) is 9.94. The van der Waals surface area contributed by atoms with E-state index >= 15 is 0 Å². The first-order chi connectivity index (χ1) is 8.99. The molecular weight excluding hydrogens is 244 g/mol. The SMILES string of the molecule is CCCCC(C(=O)OCC)=C(C(=O)OCC)C(C)C. The monoisotopic (exact) mass is 270 g/mol. The first-order valence-corrected chi connectivity index (χ1v) is 7.06. The molecule has 0 rings (SSSR count). The highest BCUT2D eigenvalue weighted by Crippen LogP contribution is 2.22. The van der Waals surface area contributed by atoms with Crippen LogP contribution in [0.15, 0.2) is 11.1 Å². The van der Waals surface area contributed by atoms with Crippen LogP contribution in [0.4, 0.5) is 0 Å². The number of carbonyl (C=O) groups is 2. The van der Waals surface area contributed by atoms with Crippen molar-refractivity contribution in [2.24, 2.45) is 5.92 Å². The van der Waals surface area contributed by atoms with E-state index in [4.69, 9.17) is 9.47 Å². The second-order valence-electron chi connectivity index (χ2n) is 4.59. The minimum Gasteiger partial charge on any atom is -0.463 e. The maximum absolute atomic E-state index is 12.0. The van der Waals surface area contributed by atoms with Crippen LogP contribution in [0.5, 0.6) is 0 Å². The molecule has 0 aromatic heterocycles. The molecule has 0 aliphatic heterocycles. The van der Waals surface area contributed by atoms with E-state index in [1.807, 2.05) is 20.8 Å². The lowest BCUT2D eigenvalue weighted by atomic mass is 9.94. The highest BCUT2D eigenvalue weighted by Gasteiger charge is 2.24. The fourth-order valence-electron chi connectivity index (χ4n) is 1.83. The van der Waals surface area contributed by atoms with Crippen LogP contribution in [0.3, 0.4) is 0 Å². The molecule has 0 saturated carbocycles. The molecule has 0 fully saturated rings. The summed E-state index contributed by atoms with van der Waals surface area (Å²) in [6.07, 6.45) is 2.36. The van der Waals surface area contributed by atoms with Gasteiger partial charge in [0.1, 0.15) is 0 Å². The van der Waals surface area contributed by atoms with E-state index < -0.39 is 11.9 Å². The average molecular weight is 270 g/mol. The topological polar surface area (TPSA) is 52.6 Å². The number of unbranched alkanes of at least 4 members (excludes halogenated alkanes) is 1. The first kappa shape index (κ1) is 17.7. The van der Waals surface area contributed by atoms with Gasteiger partial charge in [0.05, 0.1) is 18.8 Å². The third-order valence-corrected chi connectivity index (χ3v) is 2.70. The lowest BCUT2D eigenvalue weighted by Gasteiger charge is -2.16. The number of esters is 2. The highest BCUT2D eigenvalue weighted by atomic mass is 16.5. The van der Waals surface area contributed by atoms with Crippen molar-refractivity contribution in [2.45, 2.75) is 53.9 Å². The molecule has 110 valence electrons. The summed E-state index contributed by atoms with van der Waals surface area (Å²) in [7, 11) is 0. The van der Waals surface area contributed by atoms with E-state index in [0.717, 1.165) is 12.8 Å². The molecule has 19 heavy (non-hydrogen) atoms. The van der Waals surface area contributed by atoms with Gasteiger partial charge in [-0.15, -0.1) is 0 Å². The van der Waals surface area contributed by atoms with Gasteiger partial charge in [0.25, 0.3) is 0 Å². The summed E-state index contributed by atoms with van der Waals surface area (Å²) in [6, 6.07) is 0. The van der Waals surface area contributed by atoms with E-state index in [1.165, 1.54) is 0 Å². The van der Waals surface area contributed by atoms with Crippen molar-refractivity contribution in [3.63, 3.8) is 0 Å². The molecule has 0 bridgehead atoms. The Morgan fingerprint density at radius 3 is 1.89 bits per heavy atom. The Hall–Kier alpha value is -1.32. The molecule has 0 aliphatic carbocycles. The van der Waals surface area contributed by atoms with Crippen molar-refractivity contribution in [1.29, 1.82) is 0 Å². The summed E-state index contributed by atoms with van der Waals surface area (Å²) in [4.78, 5) is 24.0. The normalized spacial score (nSPS) is 12.1. The quantitative estimate of drug-likeness (QED) is 0.502. The van der Waals surface area contributed by atoms with Crippen molar-refractivity contribution >= 4 is 11.9 Å². The van der Waals surface area contributed by atoms with Gasteiger partial charge in [0, 0.05) is 5.57 Å². The van der Waals surface area contributed by atoms with Gasteiger partial charge < -0.3 is 9.47 Å². The average Bonchev–Trinajstić information content (AvgIpc) is 2.34. The Balaban J connectivity index is 5.42. The third-order valence-electron chi connectivity index (χ3n) is 2.70. The Morgan fingerprint density at radius 2 is 1.47 bits per heavy atom. The summed E-state index contributed by atoms with van der Waals surface area (Å²) in [5.74, 6) is -0.861. The van der Waals surface area contributed by atoms with E-state index in [-0.39, 0.29) is 5.92 Å². The Morgan fingerprint density at radius 1 is 0.947 bits per heavy atom. The highest BCUT2D eigenvalue weighted by molar-refractivity contribution is 6.00. The summed E-state index contributed by atoms with van der Waals surface area (Å²) in [5.41, 5.74) is 0.922. The molecule has 0 N–H and O–H groups in total. The summed E-state index contributed by atoms with van der Waals surface area (Å²) < 4.78 is 10.1. The number of hydrogen-bond acceptors (Lipinski definition) is 4. The van der Waals surface area contributed by atoms with E-state index in [1.54, 1.807) is 13.8 Å². The van der Waals surface area contributed by atoms with Gasteiger partial charge >= 0.3 is 11.9 Å². The summed E-state index contributed by atoms with van der Waals surface area (Å²) >= 11 is 0. The van der Waals surface area contributed by atoms with Crippen LogP contribution in [-0.2, 0) is 19.1 Å². The fraction of sp³-hybridized carbons (Fsp3) is 0.733. The zero-order valence-corrected chi connectivity index (χ0v) is 12.7. The molecule has 0 aromatic carbocycles. The smallest absolute Gasteiger partial charge is 0.334 e. The summed E-state index contributed by atoms with van der Waals surface area (Å²) in [5, 5.41) is 0. The molecule has 0 aromatic rings. The van der Waals surface area contributed by atoms with E-state index in [9.17, 15) is 9.59 Å². The predicted octanol–water partition coefficient (Wildman–Crippen LogP) is 3.26. The van der Waals surface area contributed by atoms with E-state index in [0.29, 0.717) is 30.8 Å². The van der Waals surface area contributed by atoms with Gasteiger partial charge in [-0.25, -0.2) is 9.59 Å². The minimum atomic E-state index is -0.406. The van der Waals surface area contributed by atoms with Crippen molar-refractivity contribution in [1.82, 2.24) is 0 Å². The van der Waals surface area contributed by atoms with Crippen molar-refractivity contribution in [2.75, 3.05) is 13.2 Å². The van der Waals surface area contributed by atoms with Gasteiger partial charge in [-0.05, 0) is 32.6 Å². The number of rotatable bonds is 8. The molecule has 0 spiro atoms. The van der Waals surface area contributed by atoms with Gasteiger partial charge in [0.15, 0.2) is 0 Å². The molecule has 0 radical (unpaired) electrons. The zero-order valence-electron chi connectivity index (χ0n) is 12.7. The van der Waals surface area contributed by atoms with Crippen LogP contribution in [0.2, 0.25) is 0 Å². The first-order valence-electron chi connectivity index (χ1n) is 7.06. The van der Waals surface area contributed by atoms with Crippen molar-refractivity contribution < 1.29 is 19.1 Å². The molecule has 4 nitrogen and oxygen atoms in total. The maximum Gasteiger partial charge on any atom is 0.334 e. The molecule has 0 amide bonds.